The van der Waals surface area contributed by atoms with Gasteiger partial charge < -0.3 is 10.1 Å². The van der Waals surface area contributed by atoms with E-state index in [1.807, 2.05) is 30.3 Å². The average molecular weight is 418 g/mol. The minimum Gasteiger partial charge on any atom is -0.497 e. The van der Waals surface area contributed by atoms with Crippen LogP contribution < -0.4 is 19.9 Å². The molecule has 0 heterocycles. The summed E-state index contributed by atoms with van der Waals surface area (Å²) in [6.45, 7) is 2.47. The van der Waals surface area contributed by atoms with Gasteiger partial charge in [-0.1, -0.05) is 42.5 Å². The summed E-state index contributed by atoms with van der Waals surface area (Å²) in [5.41, 5.74) is 2.06. The van der Waals surface area contributed by atoms with Crippen molar-refractivity contribution in [3.05, 3.63) is 65.7 Å². The molecule has 2 aromatic rings. The average Bonchev–Trinajstić information content (AvgIpc) is 2.73. The molecule has 29 heavy (non-hydrogen) atoms. The molecule has 6 nitrogen and oxygen atoms in total. The normalized spacial score (nSPS) is 23.5. The summed E-state index contributed by atoms with van der Waals surface area (Å²) in [5, 5.41) is 8.96. The van der Waals surface area contributed by atoms with Crippen molar-refractivity contribution in [1.29, 1.82) is 0 Å². The Morgan fingerprint density at radius 3 is 2.45 bits per heavy atom. The van der Waals surface area contributed by atoms with Gasteiger partial charge in [0.1, 0.15) is 5.75 Å². The predicted molar refractivity (Wildman–Crippen MR) is 116 cm³/mol. The predicted octanol–water partition coefficient (Wildman–Crippen LogP) is 3.02. The lowest BCUT2D eigenvalue weighted by Gasteiger charge is -2.41. The Balaban J connectivity index is 1.73. The Hall–Kier alpha value is -1.93. The van der Waals surface area contributed by atoms with E-state index in [0.717, 1.165) is 37.0 Å². The van der Waals surface area contributed by atoms with Crippen molar-refractivity contribution in [3.63, 3.8) is 0 Å². The van der Waals surface area contributed by atoms with Crippen LogP contribution in [0.2, 0.25) is 0 Å². The van der Waals surface area contributed by atoms with Gasteiger partial charge in [0.15, 0.2) is 0 Å². The van der Waals surface area contributed by atoms with Crippen molar-refractivity contribution in [2.45, 2.75) is 50.1 Å². The van der Waals surface area contributed by atoms with Gasteiger partial charge in [0.2, 0.25) is 0 Å². The van der Waals surface area contributed by atoms with E-state index in [2.05, 4.69) is 41.2 Å². The van der Waals surface area contributed by atoms with Gasteiger partial charge in [-0.05, 0) is 55.9 Å². The van der Waals surface area contributed by atoms with Gasteiger partial charge >= 0.3 is 0 Å². The monoisotopic (exact) mass is 417 g/mol. The van der Waals surface area contributed by atoms with Crippen LogP contribution in [-0.2, 0) is 15.6 Å². The summed E-state index contributed by atoms with van der Waals surface area (Å²) in [6.07, 6.45) is 3.64. The molecule has 0 spiro atoms. The van der Waals surface area contributed by atoms with Gasteiger partial charge in [-0.2, -0.15) is 8.42 Å². The second kappa shape index (κ2) is 9.26. The van der Waals surface area contributed by atoms with E-state index in [-0.39, 0.29) is 11.5 Å². The van der Waals surface area contributed by atoms with E-state index in [4.69, 9.17) is 9.88 Å². The Labute approximate surface area is 174 Å². The number of rotatable bonds is 8. The standard InChI is InChI=1S/C22H31N3O3S/c1-17(18-7-4-3-5-8-18)25-20-11-13-22(14-12-20,16-24-29(23,26)27)19-9-6-10-21(15-19)28-2/h3-10,15,17,20,24-25H,11-14,16H2,1-2H3,(H2,23,26,27). The lowest BCUT2D eigenvalue weighted by Crippen LogP contribution is -2.48. The smallest absolute Gasteiger partial charge is 0.274 e. The molecule has 1 saturated carbocycles. The molecule has 0 aliphatic heterocycles. The Bertz CT molecular complexity index is 895. The highest BCUT2D eigenvalue weighted by atomic mass is 32.2. The molecule has 7 heteroatoms. The van der Waals surface area contributed by atoms with E-state index < -0.39 is 10.2 Å². The quantitative estimate of drug-likeness (QED) is 0.615. The zero-order valence-corrected chi connectivity index (χ0v) is 17.9. The van der Waals surface area contributed by atoms with Crippen LogP contribution in [0, 0.1) is 0 Å². The van der Waals surface area contributed by atoms with Crippen LogP contribution >= 0.6 is 0 Å². The second-order valence-electron chi connectivity index (χ2n) is 7.95. The molecule has 4 N–H and O–H groups in total. The van der Waals surface area contributed by atoms with Crippen molar-refractivity contribution < 1.29 is 13.2 Å². The van der Waals surface area contributed by atoms with E-state index in [1.165, 1.54) is 5.56 Å². The Kier molecular flexibility index (Phi) is 6.95. The first-order valence-corrected chi connectivity index (χ1v) is 11.6. The Morgan fingerprint density at radius 2 is 1.83 bits per heavy atom. The maximum Gasteiger partial charge on any atom is 0.274 e. The van der Waals surface area contributed by atoms with Crippen molar-refractivity contribution in [2.75, 3.05) is 13.7 Å². The highest BCUT2D eigenvalue weighted by Crippen LogP contribution is 2.40. The van der Waals surface area contributed by atoms with Gasteiger partial charge in [0, 0.05) is 24.0 Å². The number of hydrogen-bond donors (Lipinski definition) is 3. The minimum atomic E-state index is -3.75. The first-order chi connectivity index (χ1) is 13.8. The summed E-state index contributed by atoms with van der Waals surface area (Å²) >= 11 is 0. The topological polar surface area (TPSA) is 93.4 Å². The van der Waals surface area contributed by atoms with Crippen LogP contribution in [0.3, 0.4) is 0 Å². The summed E-state index contributed by atoms with van der Waals surface area (Å²) in [4.78, 5) is 0. The molecule has 0 radical (unpaired) electrons. The molecule has 0 saturated heterocycles. The maximum atomic E-state index is 11.6. The van der Waals surface area contributed by atoms with Crippen LogP contribution in [0.15, 0.2) is 54.6 Å². The molecular formula is C22H31N3O3S. The molecule has 1 atom stereocenters. The molecule has 0 aromatic heterocycles. The summed E-state index contributed by atoms with van der Waals surface area (Å²) < 4.78 is 31.1. The summed E-state index contributed by atoms with van der Waals surface area (Å²) in [7, 11) is -2.11. The van der Waals surface area contributed by atoms with Gasteiger partial charge in [0.05, 0.1) is 7.11 Å². The SMILES string of the molecule is COc1cccc(C2(CNS(N)(=O)=O)CCC(NC(C)c3ccccc3)CC2)c1. The van der Waals surface area contributed by atoms with E-state index in [0.29, 0.717) is 12.6 Å². The number of hydrogen-bond acceptors (Lipinski definition) is 4. The first kappa shape index (κ1) is 21.8. The third-order valence-corrected chi connectivity index (χ3v) is 6.57. The fourth-order valence-corrected chi connectivity index (χ4v) is 4.77. The van der Waals surface area contributed by atoms with E-state index in [9.17, 15) is 8.42 Å². The molecule has 0 amide bonds. The fourth-order valence-electron chi connectivity index (χ4n) is 4.29. The molecule has 1 unspecified atom stereocenters. The number of methoxy groups -OCH3 is 1. The largest absolute Gasteiger partial charge is 0.497 e. The Morgan fingerprint density at radius 1 is 1.14 bits per heavy atom. The third kappa shape index (κ3) is 5.79. The highest BCUT2D eigenvalue weighted by molar-refractivity contribution is 7.87. The second-order valence-corrected chi connectivity index (χ2v) is 9.33. The first-order valence-electron chi connectivity index (χ1n) is 10.0. The van der Waals surface area contributed by atoms with Crippen molar-refractivity contribution in [3.8, 4) is 5.75 Å². The summed E-state index contributed by atoms with van der Waals surface area (Å²) in [6, 6.07) is 19.0. The van der Waals surface area contributed by atoms with Gasteiger partial charge in [-0.25, -0.2) is 9.86 Å². The van der Waals surface area contributed by atoms with Crippen LogP contribution in [0.25, 0.3) is 0 Å². The molecule has 1 aliphatic carbocycles. The number of benzene rings is 2. The molecular weight excluding hydrogens is 386 g/mol. The van der Waals surface area contributed by atoms with Crippen LogP contribution in [0.5, 0.6) is 5.75 Å². The minimum absolute atomic E-state index is 0.271. The van der Waals surface area contributed by atoms with Crippen molar-refractivity contribution >= 4 is 10.2 Å². The number of nitrogens with one attached hydrogen (secondary N) is 2. The maximum absolute atomic E-state index is 11.6. The zero-order valence-electron chi connectivity index (χ0n) is 17.1. The molecule has 1 fully saturated rings. The van der Waals surface area contributed by atoms with E-state index >= 15 is 0 Å². The summed E-state index contributed by atoms with van der Waals surface area (Å²) in [5.74, 6) is 0.774. The molecule has 0 bridgehead atoms. The van der Waals surface area contributed by atoms with Gasteiger partial charge in [-0.15, -0.1) is 0 Å². The molecule has 2 aromatic carbocycles. The number of ether oxygens (including phenoxy) is 1. The lowest BCUT2D eigenvalue weighted by atomic mass is 9.68. The highest BCUT2D eigenvalue weighted by Gasteiger charge is 2.38. The molecule has 158 valence electrons. The van der Waals surface area contributed by atoms with Crippen molar-refractivity contribution in [1.82, 2.24) is 10.0 Å². The van der Waals surface area contributed by atoms with Gasteiger partial charge in [-0.3, -0.25) is 0 Å². The molecule has 1 aliphatic rings. The third-order valence-electron chi connectivity index (χ3n) is 6.02. The van der Waals surface area contributed by atoms with E-state index in [1.54, 1.807) is 7.11 Å². The van der Waals surface area contributed by atoms with Crippen molar-refractivity contribution in [2.24, 2.45) is 5.14 Å². The lowest BCUT2D eigenvalue weighted by molar-refractivity contribution is 0.237. The molecule has 3 rings (SSSR count). The van der Waals surface area contributed by atoms with Crippen LogP contribution in [-0.4, -0.2) is 28.1 Å². The van der Waals surface area contributed by atoms with Gasteiger partial charge in [0.25, 0.3) is 10.2 Å². The van der Waals surface area contributed by atoms with Crippen LogP contribution in [0.1, 0.15) is 49.8 Å². The zero-order chi connectivity index (χ0) is 20.9. The number of nitrogens with two attached hydrogens (primary N) is 1. The van der Waals surface area contributed by atoms with Crippen LogP contribution in [0.4, 0.5) is 0 Å². The fraction of sp³-hybridized carbons (Fsp3) is 0.455.